The summed E-state index contributed by atoms with van der Waals surface area (Å²) in [6.45, 7) is 15.4. The van der Waals surface area contributed by atoms with Crippen LogP contribution in [0.5, 0.6) is 0 Å². The second-order valence-corrected chi connectivity index (χ2v) is 14.7. The van der Waals surface area contributed by atoms with Gasteiger partial charge in [-0.3, -0.25) is 33.6 Å². The molecule has 0 radical (unpaired) electrons. The van der Waals surface area contributed by atoms with Crippen LogP contribution in [0.4, 0.5) is 0 Å². The van der Waals surface area contributed by atoms with Crippen molar-refractivity contribution in [3.8, 4) is 0 Å². The summed E-state index contributed by atoms with van der Waals surface area (Å²) >= 11 is 0. The van der Waals surface area contributed by atoms with Gasteiger partial charge in [-0.2, -0.15) is 0 Å². The number of nitrogens with one attached hydrogen (secondary N) is 7. The Bertz CT molecular complexity index is 1370. The van der Waals surface area contributed by atoms with Crippen molar-refractivity contribution >= 4 is 41.4 Å². The third-order valence-electron chi connectivity index (χ3n) is 7.92. The zero-order chi connectivity index (χ0) is 36.6. The smallest absolute Gasteiger partial charge is 0.245 e. The summed E-state index contributed by atoms with van der Waals surface area (Å²) in [5.74, 6) is -5.10. The second kappa shape index (κ2) is 16.1. The predicted molar refractivity (Wildman–Crippen MR) is 180 cm³/mol. The molecule has 266 valence electrons. The first kappa shape index (κ1) is 39.7. The number of carbonyl (C=O) groups excluding carboxylic acids is 7. The van der Waals surface area contributed by atoms with Gasteiger partial charge in [-0.05, 0) is 65.4 Å². The molecular formula is C34H53N7O7. The Hall–Kier alpha value is -4.49. The molecule has 0 aromatic heterocycles. The first-order valence-corrected chi connectivity index (χ1v) is 16.2. The third-order valence-corrected chi connectivity index (χ3v) is 7.92. The fourth-order valence-electron chi connectivity index (χ4n) is 4.93. The van der Waals surface area contributed by atoms with Crippen molar-refractivity contribution in [2.45, 2.75) is 117 Å². The maximum Gasteiger partial charge on any atom is 0.245 e. The van der Waals surface area contributed by atoms with Crippen molar-refractivity contribution in [1.29, 1.82) is 0 Å². The van der Waals surface area contributed by atoms with Crippen LogP contribution in [0, 0.1) is 11.8 Å². The molecular weight excluding hydrogens is 618 g/mol. The molecule has 3 atom stereocenters. The summed E-state index contributed by atoms with van der Waals surface area (Å²) in [5.41, 5.74) is -3.82. The van der Waals surface area contributed by atoms with Gasteiger partial charge >= 0.3 is 0 Å². The quantitative estimate of drug-likeness (QED) is 0.232. The summed E-state index contributed by atoms with van der Waals surface area (Å²) in [6.07, 6.45) is 0.301. The molecule has 1 heterocycles. The molecule has 14 nitrogen and oxygen atoms in total. The molecule has 0 bridgehead atoms. The van der Waals surface area contributed by atoms with Crippen LogP contribution in [-0.4, -0.2) is 82.6 Å². The lowest BCUT2D eigenvalue weighted by molar-refractivity contribution is -0.139. The van der Waals surface area contributed by atoms with Gasteiger partial charge in [-0.25, -0.2) is 0 Å². The van der Waals surface area contributed by atoms with Gasteiger partial charge in [0, 0.05) is 6.42 Å². The van der Waals surface area contributed by atoms with Crippen molar-refractivity contribution in [2.75, 3.05) is 6.54 Å². The van der Waals surface area contributed by atoms with Gasteiger partial charge in [0.25, 0.3) is 0 Å². The second-order valence-electron chi connectivity index (χ2n) is 14.7. The average Bonchev–Trinajstić information content (AvgIpc) is 2.96. The number of hydrogen-bond acceptors (Lipinski definition) is 7. The lowest BCUT2D eigenvalue weighted by Crippen LogP contribution is -2.65. The van der Waals surface area contributed by atoms with E-state index in [-0.39, 0.29) is 18.8 Å². The number of rotatable bonds is 5. The molecule has 7 N–H and O–H groups in total. The monoisotopic (exact) mass is 671 g/mol. The van der Waals surface area contributed by atoms with Gasteiger partial charge in [0.2, 0.25) is 41.4 Å². The van der Waals surface area contributed by atoms with Crippen LogP contribution in [0.3, 0.4) is 0 Å². The first-order chi connectivity index (χ1) is 22.1. The summed E-state index contributed by atoms with van der Waals surface area (Å²) in [6, 6.07) is 5.65. The Balaban J connectivity index is 2.54. The maximum atomic E-state index is 13.6. The molecule has 0 unspecified atom stereocenters. The lowest BCUT2D eigenvalue weighted by Gasteiger charge is -2.33. The Morgan fingerprint density at radius 2 is 1.10 bits per heavy atom. The minimum atomic E-state index is -1.54. The summed E-state index contributed by atoms with van der Waals surface area (Å²) in [5, 5.41) is 18.5. The van der Waals surface area contributed by atoms with Gasteiger partial charge in [-0.15, -0.1) is 0 Å². The van der Waals surface area contributed by atoms with E-state index in [1.807, 2.05) is 19.9 Å². The van der Waals surface area contributed by atoms with Gasteiger partial charge in [0.1, 0.15) is 34.7 Å². The van der Waals surface area contributed by atoms with Gasteiger partial charge in [0.05, 0.1) is 6.54 Å². The first-order valence-electron chi connectivity index (χ1n) is 16.2. The molecule has 1 fully saturated rings. The fraction of sp³-hybridized carbons (Fsp3) is 0.618. The van der Waals surface area contributed by atoms with E-state index >= 15 is 0 Å². The number of carbonyl (C=O) groups is 7. The Kier molecular flexibility index (Phi) is 13.3. The highest BCUT2D eigenvalue weighted by molar-refractivity contribution is 6.00. The maximum absolute atomic E-state index is 13.6. The van der Waals surface area contributed by atoms with Crippen molar-refractivity contribution in [1.82, 2.24) is 37.2 Å². The highest BCUT2D eigenvalue weighted by Gasteiger charge is 2.40. The van der Waals surface area contributed by atoms with Crippen LogP contribution >= 0.6 is 0 Å². The Labute approximate surface area is 283 Å². The molecule has 7 amide bonds. The lowest BCUT2D eigenvalue weighted by atomic mass is 9.96. The molecule has 1 aliphatic rings. The summed E-state index contributed by atoms with van der Waals surface area (Å²) < 4.78 is 0. The molecule has 1 aromatic rings. The minimum Gasteiger partial charge on any atom is -0.345 e. The summed E-state index contributed by atoms with van der Waals surface area (Å²) in [4.78, 5) is 93.8. The molecule has 48 heavy (non-hydrogen) atoms. The molecule has 14 heteroatoms. The van der Waals surface area contributed by atoms with Crippen molar-refractivity contribution in [2.24, 2.45) is 11.8 Å². The topological polar surface area (TPSA) is 204 Å². The van der Waals surface area contributed by atoms with Crippen LogP contribution in [0.25, 0.3) is 0 Å². The highest BCUT2D eigenvalue weighted by atomic mass is 16.2. The van der Waals surface area contributed by atoms with E-state index in [9.17, 15) is 33.6 Å². The van der Waals surface area contributed by atoms with E-state index in [0.717, 1.165) is 5.56 Å². The zero-order valence-electron chi connectivity index (χ0n) is 29.8. The molecule has 0 aliphatic carbocycles. The van der Waals surface area contributed by atoms with E-state index in [1.54, 1.807) is 38.1 Å². The van der Waals surface area contributed by atoms with Crippen LogP contribution in [0.2, 0.25) is 0 Å². The Morgan fingerprint density at radius 3 is 1.62 bits per heavy atom. The van der Waals surface area contributed by atoms with E-state index < -0.39 is 88.6 Å². The molecule has 2 rings (SSSR count). The van der Waals surface area contributed by atoms with Crippen LogP contribution < -0.4 is 37.2 Å². The van der Waals surface area contributed by atoms with Crippen molar-refractivity contribution in [3.63, 3.8) is 0 Å². The minimum absolute atomic E-state index is 0.0377. The third kappa shape index (κ3) is 11.3. The number of hydrogen-bond donors (Lipinski definition) is 7. The number of benzene rings is 1. The van der Waals surface area contributed by atoms with E-state index in [4.69, 9.17) is 0 Å². The van der Waals surface area contributed by atoms with Gasteiger partial charge < -0.3 is 37.2 Å². The summed E-state index contributed by atoms with van der Waals surface area (Å²) in [7, 11) is 0. The van der Waals surface area contributed by atoms with Gasteiger partial charge in [-0.1, -0.05) is 58.0 Å². The van der Waals surface area contributed by atoms with Crippen LogP contribution in [0.15, 0.2) is 30.3 Å². The largest absolute Gasteiger partial charge is 0.345 e. The zero-order valence-corrected chi connectivity index (χ0v) is 29.8. The van der Waals surface area contributed by atoms with Crippen molar-refractivity contribution < 1.29 is 33.6 Å². The van der Waals surface area contributed by atoms with Crippen LogP contribution in [0.1, 0.15) is 81.2 Å². The average molecular weight is 672 g/mol. The van der Waals surface area contributed by atoms with E-state index in [1.165, 1.54) is 41.5 Å². The van der Waals surface area contributed by atoms with Crippen LogP contribution in [-0.2, 0) is 40.0 Å². The van der Waals surface area contributed by atoms with E-state index in [0.29, 0.717) is 0 Å². The molecule has 0 saturated carbocycles. The normalized spacial score (nSPS) is 24.6. The van der Waals surface area contributed by atoms with Crippen molar-refractivity contribution in [3.05, 3.63) is 35.9 Å². The highest BCUT2D eigenvalue weighted by Crippen LogP contribution is 2.14. The molecule has 1 aliphatic heterocycles. The number of amides is 7. The van der Waals surface area contributed by atoms with Gasteiger partial charge in [0.15, 0.2) is 0 Å². The fourth-order valence-corrected chi connectivity index (χ4v) is 4.93. The standard InChI is InChI=1S/C34H53N7O7/c1-19(2)16-22-27(44)40-33(7,8)29(46)37-23(17-21-14-12-11-13-15-21)26(43)35-18-24(42)39-32(5,6)31(48)38-25(20(3)4)28(45)41-34(9,10)30(47)36-22/h11-15,19-20,22-23,25H,16-18H2,1-10H3,(H,35,43)(H,36,47)(H,37,46)(H,38,48)(H,39,42)(H,40,44)(H,41,45)/t22-,23-,25-/m0/s1. The Morgan fingerprint density at radius 1 is 0.625 bits per heavy atom. The van der Waals surface area contributed by atoms with E-state index in [2.05, 4.69) is 37.2 Å². The SMILES string of the molecule is CC(C)C[C@@H]1NC(=O)C(C)(C)NC(=O)[C@H](C(C)C)NC(=O)C(C)(C)NC(=O)CNC(=O)[C@H](Cc2ccccc2)NC(=O)C(C)(C)NC1=O. The predicted octanol–water partition coefficient (Wildman–Crippen LogP) is 0.200. The molecule has 1 saturated heterocycles. The molecule has 0 spiro atoms. The molecule has 1 aromatic carbocycles.